The van der Waals surface area contributed by atoms with Gasteiger partial charge >= 0.3 is 0 Å². The minimum Gasteiger partial charge on any atom is -0.292 e. The predicted molar refractivity (Wildman–Crippen MR) is 78.8 cm³/mol. The van der Waals surface area contributed by atoms with Crippen LogP contribution in [0.4, 0.5) is 0 Å². The molecule has 3 unspecified atom stereocenters. The quantitative estimate of drug-likeness (QED) is 0.611. The predicted octanol–water partition coefficient (Wildman–Crippen LogP) is 3.92. The fraction of sp³-hybridized carbons (Fsp3) is 0.556. The first-order valence-electron chi connectivity index (χ1n) is 7.98. The van der Waals surface area contributed by atoms with Crippen LogP contribution in [-0.4, -0.2) is 10.8 Å². The van der Waals surface area contributed by atoms with E-state index in [1.54, 1.807) is 0 Å². The van der Waals surface area contributed by atoms with Gasteiger partial charge in [-0.3, -0.25) is 4.79 Å². The average molecular weight is 267 g/mol. The van der Waals surface area contributed by atoms with Crippen LogP contribution in [0.25, 0.3) is 0 Å². The summed E-state index contributed by atoms with van der Waals surface area (Å²) < 4.78 is 0. The highest BCUT2D eigenvalue weighted by atomic mass is 16.1. The second-order valence-electron chi connectivity index (χ2n) is 6.62. The molecule has 3 atom stereocenters. The Morgan fingerprint density at radius 1 is 1.25 bits per heavy atom. The normalized spacial score (nSPS) is 30.9. The Bertz CT molecular complexity index is 585. The Morgan fingerprint density at radius 2 is 2.10 bits per heavy atom. The minimum atomic E-state index is 0.196. The number of carbonyl (C=O) groups is 1. The number of nitrogens with zero attached hydrogens (tertiary/aromatic N) is 1. The van der Waals surface area contributed by atoms with E-state index in [0.717, 1.165) is 24.2 Å². The minimum absolute atomic E-state index is 0.196. The van der Waals surface area contributed by atoms with E-state index in [1.165, 1.54) is 24.8 Å². The van der Waals surface area contributed by atoms with Gasteiger partial charge in [0.15, 0.2) is 5.78 Å². The molecule has 3 aliphatic carbocycles. The van der Waals surface area contributed by atoms with Crippen molar-refractivity contribution in [2.75, 3.05) is 0 Å². The van der Waals surface area contributed by atoms with Crippen molar-refractivity contribution in [1.29, 1.82) is 0 Å². The number of ketones is 1. The van der Waals surface area contributed by atoms with Gasteiger partial charge in [0.2, 0.25) is 0 Å². The van der Waals surface area contributed by atoms with E-state index in [2.05, 4.69) is 31.2 Å². The summed E-state index contributed by atoms with van der Waals surface area (Å²) in [5.74, 6) is 2.24. The SMILES string of the molecule is CCc1ccc(C2CC2)c(C(=O)C2CC3C=CC2C3)n1. The molecule has 0 radical (unpaired) electrons. The summed E-state index contributed by atoms with van der Waals surface area (Å²) in [4.78, 5) is 17.7. The molecule has 20 heavy (non-hydrogen) atoms. The molecule has 2 nitrogen and oxygen atoms in total. The van der Waals surface area contributed by atoms with Gasteiger partial charge in [-0.2, -0.15) is 0 Å². The number of rotatable bonds is 4. The van der Waals surface area contributed by atoms with Crippen molar-refractivity contribution < 1.29 is 4.79 Å². The summed E-state index contributed by atoms with van der Waals surface area (Å²) >= 11 is 0. The Morgan fingerprint density at radius 3 is 2.70 bits per heavy atom. The maximum absolute atomic E-state index is 13.0. The summed E-state index contributed by atoms with van der Waals surface area (Å²) in [5.41, 5.74) is 3.08. The summed E-state index contributed by atoms with van der Waals surface area (Å²) in [7, 11) is 0. The number of aryl methyl sites for hydroxylation is 1. The lowest BCUT2D eigenvalue weighted by molar-refractivity contribution is 0.0895. The standard InChI is InChI=1S/C18H21NO/c1-2-14-7-8-15(12-5-6-12)17(19-14)18(20)16-10-11-3-4-13(16)9-11/h3-4,7-8,11-13,16H,2,5-6,9-10H2,1H3. The molecule has 0 saturated heterocycles. The Hall–Kier alpha value is -1.44. The molecule has 2 fully saturated rings. The van der Waals surface area contributed by atoms with Crippen LogP contribution in [0, 0.1) is 17.8 Å². The molecule has 0 spiro atoms. The molecule has 4 rings (SSSR count). The van der Waals surface area contributed by atoms with Gasteiger partial charge < -0.3 is 0 Å². The van der Waals surface area contributed by atoms with Gasteiger partial charge in [0, 0.05) is 11.6 Å². The van der Waals surface area contributed by atoms with Crippen molar-refractivity contribution in [2.45, 2.75) is 44.9 Å². The molecule has 0 N–H and O–H groups in total. The Labute approximate surface area is 120 Å². The molecule has 3 aliphatic rings. The zero-order valence-electron chi connectivity index (χ0n) is 12.0. The summed E-state index contributed by atoms with van der Waals surface area (Å²) in [6.07, 6.45) is 10.1. The lowest BCUT2D eigenvalue weighted by Gasteiger charge is -2.18. The lowest BCUT2D eigenvalue weighted by atomic mass is 9.86. The molecule has 2 saturated carbocycles. The fourth-order valence-electron chi connectivity index (χ4n) is 3.89. The van der Waals surface area contributed by atoms with E-state index >= 15 is 0 Å². The van der Waals surface area contributed by atoms with Gasteiger partial charge in [0.25, 0.3) is 0 Å². The second kappa shape index (κ2) is 4.54. The zero-order valence-corrected chi connectivity index (χ0v) is 12.0. The van der Waals surface area contributed by atoms with Crippen LogP contribution in [0.5, 0.6) is 0 Å². The highest BCUT2D eigenvalue weighted by Gasteiger charge is 2.42. The van der Waals surface area contributed by atoms with Crippen molar-refractivity contribution in [3.63, 3.8) is 0 Å². The molecule has 1 heterocycles. The van der Waals surface area contributed by atoms with Crippen LogP contribution in [0.1, 0.15) is 60.3 Å². The van der Waals surface area contributed by atoms with E-state index in [0.29, 0.717) is 23.5 Å². The fourth-order valence-corrected chi connectivity index (χ4v) is 3.89. The smallest absolute Gasteiger partial charge is 0.185 e. The van der Waals surface area contributed by atoms with Crippen LogP contribution in [-0.2, 0) is 6.42 Å². The van der Waals surface area contributed by atoms with Crippen LogP contribution in [0.2, 0.25) is 0 Å². The highest BCUT2D eigenvalue weighted by Crippen LogP contribution is 2.47. The number of hydrogen-bond acceptors (Lipinski definition) is 2. The van der Waals surface area contributed by atoms with Crippen LogP contribution >= 0.6 is 0 Å². The molecule has 1 aromatic rings. The topological polar surface area (TPSA) is 30.0 Å². The summed E-state index contributed by atoms with van der Waals surface area (Å²) in [6.45, 7) is 2.10. The number of carbonyl (C=O) groups excluding carboxylic acids is 1. The number of hydrogen-bond donors (Lipinski definition) is 0. The Kier molecular flexibility index (Phi) is 2.80. The lowest BCUT2D eigenvalue weighted by Crippen LogP contribution is -2.22. The van der Waals surface area contributed by atoms with Gasteiger partial charge in [0.05, 0.1) is 0 Å². The van der Waals surface area contributed by atoms with E-state index in [4.69, 9.17) is 4.98 Å². The molecule has 0 amide bonds. The number of allylic oxidation sites excluding steroid dienone is 2. The van der Waals surface area contributed by atoms with Gasteiger partial charge in [-0.05, 0) is 61.5 Å². The monoisotopic (exact) mass is 267 g/mol. The average Bonchev–Trinajstić information content (AvgIpc) is 3.12. The number of fused-ring (bicyclic) bond motifs is 2. The van der Waals surface area contributed by atoms with Gasteiger partial charge in [-0.1, -0.05) is 25.1 Å². The third-order valence-corrected chi connectivity index (χ3v) is 5.21. The number of aromatic nitrogens is 1. The summed E-state index contributed by atoms with van der Waals surface area (Å²) in [5, 5.41) is 0. The maximum Gasteiger partial charge on any atom is 0.185 e. The number of pyridine rings is 1. The van der Waals surface area contributed by atoms with Crippen LogP contribution in [0.3, 0.4) is 0 Å². The van der Waals surface area contributed by atoms with E-state index < -0.39 is 0 Å². The molecule has 2 bridgehead atoms. The summed E-state index contributed by atoms with van der Waals surface area (Å²) in [6, 6.07) is 4.27. The van der Waals surface area contributed by atoms with E-state index in [-0.39, 0.29) is 5.92 Å². The maximum atomic E-state index is 13.0. The first-order chi connectivity index (χ1) is 9.76. The third-order valence-electron chi connectivity index (χ3n) is 5.21. The second-order valence-corrected chi connectivity index (χ2v) is 6.62. The van der Waals surface area contributed by atoms with Crippen molar-refractivity contribution in [2.24, 2.45) is 17.8 Å². The first kappa shape index (κ1) is 12.3. The molecular formula is C18H21NO. The van der Waals surface area contributed by atoms with Crippen molar-refractivity contribution >= 4 is 5.78 Å². The largest absolute Gasteiger partial charge is 0.292 e. The third kappa shape index (κ3) is 1.93. The molecule has 104 valence electrons. The molecule has 1 aromatic heterocycles. The number of Topliss-reactive ketones (excluding diaryl/α,β-unsaturated/α-hetero) is 1. The van der Waals surface area contributed by atoms with E-state index in [9.17, 15) is 4.79 Å². The van der Waals surface area contributed by atoms with E-state index in [1.807, 2.05) is 0 Å². The van der Waals surface area contributed by atoms with Crippen molar-refractivity contribution in [1.82, 2.24) is 4.98 Å². The van der Waals surface area contributed by atoms with Crippen molar-refractivity contribution in [3.05, 3.63) is 41.2 Å². The van der Waals surface area contributed by atoms with Gasteiger partial charge in [-0.15, -0.1) is 0 Å². The zero-order chi connectivity index (χ0) is 13.7. The van der Waals surface area contributed by atoms with Gasteiger partial charge in [0.1, 0.15) is 5.69 Å². The first-order valence-corrected chi connectivity index (χ1v) is 7.98. The highest BCUT2D eigenvalue weighted by molar-refractivity contribution is 5.98. The molecular weight excluding hydrogens is 246 g/mol. The van der Waals surface area contributed by atoms with Gasteiger partial charge in [-0.25, -0.2) is 4.98 Å². The van der Waals surface area contributed by atoms with Crippen LogP contribution < -0.4 is 0 Å². The Balaban J connectivity index is 1.69. The molecule has 2 heteroatoms. The van der Waals surface area contributed by atoms with Crippen molar-refractivity contribution in [3.8, 4) is 0 Å². The molecule has 0 aromatic carbocycles. The molecule has 0 aliphatic heterocycles. The van der Waals surface area contributed by atoms with Crippen LogP contribution in [0.15, 0.2) is 24.3 Å².